The van der Waals surface area contributed by atoms with E-state index in [2.05, 4.69) is 36.0 Å². The maximum atomic E-state index is 12.3. The fourth-order valence-electron chi connectivity index (χ4n) is 2.74. The van der Waals surface area contributed by atoms with Crippen molar-refractivity contribution in [3.8, 4) is 0 Å². The molecule has 0 aliphatic rings. The van der Waals surface area contributed by atoms with E-state index in [0.717, 1.165) is 12.7 Å². The highest BCUT2D eigenvalue weighted by Gasteiger charge is 2.32. The zero-order chi connectivity index (χ0) is 17.9. The van der Waals surface area contributed by atoms with Crippen LogP contribution in [0, 0.1) is 0 Å². The number of amides is 1. The molecule has 6 heteroatoms. The van der Waals surface area contributed by atoms with Crippen LogP contribution < -0.4 is 10.0 Å². The quantitative estimate of drug-likeness (QED) is 0.799. The highest BCUT2D eigenvalue weighted by Crippen LogP contribution is 2.28. The third-order valence-electron chi connectivity index (χ3n) is 3.76. The standard InChI is InChI=1S/C17H28N2O3S/c1-13(12-16(2,3)14-10-8-7-9-11-14)18-15(20)17(4,5)19-23(6,21)22/h7-11,13,19H,12H2,1-6H3,(H,18,20)/t13-/m0/s1. The van der Waals surface area contributed by atoms with Gasteiger partial charge >= 0.3 is 0 Å². The van der Waals surface area contributed by atoms with Gasteiger partial charge in [0.2, 0.25) is 15.9 Å². The summed E-state index contributed by atoms with van der Waals surface area (Å²) in [5, 5.41) is 2.90. The topological polar surface area (TPSA) is 75.3 Å². The van der Waals surface area contributed by atoms with Gasteiger partial charge in [0, 0.05) is 6.04 Å². The third kappa shape index (κ3) is 6.31. The van der Waals surface area contributed by atoms with Gasteiger partial charge in [-0.15, -0.1) is 0 Å². The van der Waals surface area contributed by atoms with Crippen LogP contribution in [-0.2, 0) is 20.2 Å². The Balaban J connectivity index is 2.72. The average Bonchev–Trinajstić information content (AvgIpc) is 2.36. The van der Waals surface area contributed by atoms with Gasteiger partial charge in [-0.1, -0.05) is 44.2 Å². The Morgan fingerprint density at radius 3 is 2.13 bits per heavy atom. The van der Waals surface area contributed by atoms with Crippen molar-refractivity contribution in [2.45, 2.75) is 58.0 Å². The smallest absolute Gasteiger partial charge is 0.240 e. The SMILES string of the molecule is C[C@@H](CC(C)(C)c1ccccc1)NC(=O)C(C)(C)NS(C)(=O)=O. The van der Waals surface area contributed by atoms with E-state index in [1.807, 2.05) is 25.1 Å². The van der Waals surface area contributed by atoms with Gasteiger partial charge in [-0.05, 0) is 38.2 Å². The predicted octanol–water partition coefficient (Wildman–Crippen LogP) is 2.19. The van der Waals surface area contributed by atoms with Crippen molar-refractivity contribution in [3.63, 3.8) is 0 Å². The molecule has 1 amide bonds. The Hall–Kier alpha value is -1.40. The van der Waals surface area contributed by atoms with Crippen LogP contribution in [0.2, 0.25) is 0 Å². The lowest BCUT2D eigenvalue weighted by molar-refractivity contribution is -0.126. The number of rotatable bonds is 7. The van der Waals surface area contributed by atoms with Crippen LogP contribution in [0.5, 0.6) is 0 Å². The molecule has 0 aliphatic carbocycles. The van der Waals surface area contributed by atoms with Crippen LogP contribution in [0.25, 0.3) is 0 Å². The minimum absolute atomic E-state index is 0.0849. The van der Waals surface area contributed by atoms with Crippen LogP contribution in [0.15, 0.2) is 30.3 Å². The van der Waals surface area contributed by atoms with Gasteiger partial charge in [-0.25, -0.2) is 13.1 Å². The molecule has 0 saturated heterocycles. The van der Waals surface area contributed by atoms with E-state index in [0.29, 0.717) is 0 Å². The van der Waals surface area contributed by atoms with Crippen molar-refractivity contribution in [1.29, 1.82) is 0 Å². The van der Waals surface area contributed by atoms with E-state index in [1.54, 1.807) is 13.8 Å². The number of carbonyl (C=O) groups excluding carboxylic acids is 1. The molecular formula is C17H28N2O3S. The highest BCUT2D eigenvalue weighted by molar-refractivity contribution is 7.88. The first-order chi connectivity index (χ1) is 10.3. The summed E-state index contributed by atoms with van der Waals surface area (Å²) in [5.41, 5.74) is -0.0733. The third-order valence-corrected chi connectivity index (χ3v) is 4.64. The molecule has 0 bridgehead atoms. The second-order valence-electron chi connectivity index (χ2n) is 7.33. The van der Waals surface area contributed by atoms with E-state index >= 15 is 0 Å². The summed E-state index contributed by atoms with van der Waals surface area (Å²) in [6.07, 6.45) is 1.79. The predicted molar refractivity (Wildman–Crippen MR) is 93.7 cm³/mol. The number of hydrogen-bond donors (Lipinski definition) is 2. The molecule has 1 aromatic carbocycles. The van der Waals surface area contributed by atoms with Gasteiger partial charge in [-0.2, -0.15) is 0 Å². The van der Waals surface area contributed by atoms with Gasteiger partial charge in [-0.3, -0.25) is 4.79 Å². The number of nitrogens with one attached hydrogen (secondary N) is 2. The molecule has 0 unspecified atom stereocenters. The van der Waals surface area contributed by atoms with Crippen LogP contribution >= 0.6 is 0 Å². The Morgan fingerprint density at radius 2 is 1.65 bits per heavy atom. The molecule has 0 aliphatic heterocycles. The van der Waals surface area contributed by atoms with Crippen molar-refractivity contribution in [1.82, 2.24) is 10.0 Å². The maximum Gasteiger partial charge on any atom is 0.240 e. The van der Waals surface area contributed by atoms with E-state index in [1.165, 1.54) is 5.56 Å². The summed E-state index contributed by atoms with van der Waals surface area (Å²) in [6, 6.07) is 10.0. The number of carbonyl (C=O) groups is 1. The van der Waals surface area contributed by atoms with Crippen molar-refractivity contribution in [2.75, 3.05) is 6.26 Å². The molecule has 0 spiro atoms. The molecule has 0 heterocycles. The van der Waals surface area contributed by atoms with E-state index in [9.17, 15) is 13.2 Å². The second-order valence-corrected chi connectivity index (χ2v) is 9.08. The molecule has 1 atom stereocenters. The average molecular weight is 340 g/mol. The minimum Gasteiger partial charge on any atom is -0.352 e. The first-order valence-electron chi connectivity index (χ1n) is 7.69. The van der Waals surface area contributed by atoms with Crippen molar-refractivity contribution in [3.05, 3.63) is 35.9 Å². The summed E-state index contributed by atoms with van der Waals surface area (Å²) in [5.74, 6) is -0.334. The fraction of sp³-hybridized carbons (Fsp3) is 0.588. The van der Waals surface area contributed by atoms with Gasteiger partial charge in [0.25, 0.3) is 0 Å². The van der Waals surface area contributed by atoms with Crippen molar-refractivity contribution >= 4 is 15.9 Å². The number of sulfonamides is 1. The molecule has 0 radical (unpaired) electrons. The van der Waals surface area contributed by atoms with Gasteiger partial charge in [0.05, 0.1) is 6.26 Å². The molecule has 0 saturated carbocycles. The first-order valence-corrected chi connectivity index (χ1v) is 9.58. The lowest BCUT2D eigenvalue weighted by Crippen LogP contribution is -2.56. The van der Waals surface area contributed by atoms with Crippen molar-refractivity contribution in [2.24, 2.45) is 0 Å². The summed E-state index contributed by atoms with van der Waals surface area (Å²) < 4.78 is 25.1. The maximum absolute atomic E-state index is 12.3. The van der Waals surface area contributed by atoms with Crippen LogP contribution in [0.4, 0.5) is 0 Å². The Morgan fingerprint density at radius 1 is 1.13 bits per heavy atom. The molecule has 1 rings (SSSR count). The Bertz CT molecular complexity index is 637. The van der Waals surface area contributed by atoms with E-state index < -0.39 is 15.6 Å². The molecule has 1 aromatic rings. The molecule has 130 valence electrons. The van der Waals surface area contributed by atoms with Crippen LogP contribution in [0.1, 0.15) is 46.6 Å². The summed E-state index contributed by atoms with van der Waals surface area (Å²) in [6.45, 7) is 9.30. The van der Waals surface area contributed by atoms with Gasteiger partial charge in [0.15, 0.2) is 0 Å². The van der Waals surface area contributed by atoms with Gasteiger partial charge < -0.3 is 5.32 Å². The zero-order valence-corrected chi connectivity index (χ0v) is 15.6. The van der Waals surface area contributed by atoms with E-state index in [4.69, 9.17) is 0 Å². The Kier molecular flexibility index (Phi) is 5.99. The monoisotopic (exact) mass is 340 g/mol. The van der Waals surface area contributed by atoms with Crippen LogP contribution in [-0.4, -0.2) is 32.2 Å². The molecule has 23 heavy (non-hydrogen) atoms. The molecular weight excluding hydrogens is 312 g/mol. The zero-order valence-electron chi connectivity index (χ0n) is 14.8. The first kappa shape index (κ1) is 19.6. The normalized spacial score (nSPS) is 14.3. The molecule has 5 nitrogen and oxygen atoms in total. The van der Waals surface area contributed by atoms with Crippen LogP contribution in [0.3, 0.4) is 0 Å². The molecule has 2 N–H and O–H groups in total. The highest BCUT2D eigenvalue weighted by atomic mass is 32.2. The van der Waals surface area contributed by atoms with E-state index in [-0.39, 0.29) is 17.4 Å². The lowest BCUT2D eigenvalue weighted by atomic mass is 9.79. The number of hydrogen-bond acceptors (Lipinski definition) is 3. The van der Waals surface area contributed by atoms with Gasteiger partial charge in [0.1, 0.15) is 5.54 Å². The largest absolute Gasteiger partial charge is 0.352 e. The Labute approximate surface area is 139 Å². The lowest BCUT2D eigenvalue weighted by Gasteiger charge is -2.31. The summed E-state index contributed by atoms with van der Waals surface area (Å²) in [7, 11) is -3.45. The fourth-order valence-corrected chi connectivity index (χ4v) is 3.76. The summed E-state index contributed by atoms with van der Waals surface area (Å²) >= 11 is 0. The summed E-state index contributed by atoms with van der Waals surface area (Å²) in [4.78, 5) is 12.3. The molecule has 0 fully saturated rings. The van der Waals surface area contributed by atoms with Crippen molar-refractivity contribution < 1.29 is 13.2 Å². The molecule has 0 aromatic heterocycles. The second kappa shape index (κ2) is 7.01. The number of benzene rings is 1. The minimum atomic E-state index is -3.45.